The third kappa shape index (κ3) is 6.28. The van der Waals surface area contributed by atoms with E-state index < -0.39 is 34.6 Å². The fraction of sp³-hybridized carbons (Fsp3) is 0.476. The van der Waals surface area contributed by atoms with Crippen LogP contribution in [0.25, 0.3) is 0 Å². The molecule has 0 bridgehead atoms. The van der Waals surface area contributed by atoms with Crippen molar-refractivity contribution in [3.05, 3.63) is 54.4 Å². The van der Waals surface area contributed by atoms with Crippen molar-refractivity contribution < 1.29 is 27.4 Å². The number of likely N-dealkylation sites (N-methyl/N-ethyl adjacent to an activating group) is 1. The molecule has 1 aromatic carbocycles. The summed E-state index contributed by atoms with van der Waals surface area (Å²) in [5.74, 6) is -1.23. The monoisotopic (exact) mass is 468 g/mol. The van der Waals surface area contributed by atoms with Gasteiger partial charge in [-0.1, -0.05) is 6.92 Å². The van der Waals surface area contributed by atoms with Crippen molar-refractivity contribution in [1.82, 2.24) is 19.2 Å². The molecule has 1 heterocycles. The number of carbonyl (C=O) groups is 1. The Labute approximate surface area is 187 Å². The number of hydrogen-bond acceptors (Lipinski definition) is 7. The predicted octanol–water partition coefficient (Wildman–Crippen LogP) is 1.41. The van der Waals surface area contributed by atoms with Crippen LogP contribution in [0.5, 0.6) is 0 Å². The molecule has 11 heteroatoms. The zero-order chi connectivity index (χ0) is 23.9. The van der Waals surface area contributed by atoms with Gasteiger partial charge in [0, 0.05) is 45.7 Å². The number of sulfonamides is 1. The summed E-state index contributed by atoms with van der Waals surface area (Å²) in [6, 6.07) is 3.80. The summed E-state index contributed by atoms with van der Waals surface area (Å²) in [7, 11) is -0.923. The van der Waals surface area contributed by atoms with Crippen LogP contribution in [-0.2, 0) is 14.8 Å². The molecule has 0 aliphatic heterocycles. The zero-order valence-corrected chi connectivity index (χ0v) is 19.4. The zero-order valence-electron chi connectivity index (χ0n) is 18.6. The first-order chi connectivity index (χ1) is 15.1. The number of rotatable bonds is 11. The Morgan fingerprint density at radius 2 is 1.84 bits per heavy atom. The molecule has 0 fully saturated rings. The summed E-state index contributed by atoms with van der Waals surface area (Å²) in [5.41, 5.74) is 0.187. The Morgan fingerprint density at radius 3 is 2.38 bits per heavy atom. The fourth-order valence-corrected chi connectivity index (χ4v) is 4.92. The van der Waals surface area contributed by atoms with Crippen molar-refractivity contribution in [2.24, 2.45) is 5.92 Å². The minimum atomic E-state index is -4.00. The third-order valence-corrected chi connectivity index (χ3v) is 7.16. The van der Waals surface area contributed by atoms with Crippen LogP contribution in [0.1, 0.15) is 24.3 Å². The lowest BCUT2D eigenvalue weighted by Gasteiger charge is -2.33. The number of methoxy groups -OCH3 is 1. The van der Waals surface area contributed by atoms with Crippen molar-refractivity contribution in [2.75, 3.05) is 33.9 Å². The van der Waals surface area contributed by atoms with Crippen LogP contribution >= 0.6 is 0 Å². The molecule has 0 saturated carbocycles. The van der Waals surface area contributed by atoms with E-state index in [4.69, 9.17) is 4.74 Å². The highest BCUT2D eigenvalue weighted by Crippen LogP contribution is 2.22. The Balaban J connectivity index is 2.19. The first kappa shape index (κ1) is 25.8. The molecule has 3 atom stereocenters. The van der Waals surface area contributed by atoms with Gasteiger partial charge >= 0.3 is 0 Å². The Hall–Kier alpha value is -2.47. The van der Waals surface area contributed by atoms with E-state index in [-0.39, 0.29) is 35.5 Å². The molecule has 0 aliphatic carbocycles. The molecule has 1 aromatic heterocycles. The minimum Gasteiger partial charge on any atom is -0.395 e. The van der Waals surface area contributed by atoms with E-state index >= 15 is 0 Å². The van der Waals surface area contributed by atoms with Crippen molar-refractivity contribution in [3.63, 3.8) is 0 Å². The number of aliphatic hydroxyl groups is 1. The van der Waals surface area contributed by atoms with Gasteiger partial charge in [-0.2, -0.15) is 4.31 Å². The molecule has 1 N–H and O–H groups in total. The summed E-state index contributed by atoms with van der Waals surface area (Å²) in [5, 5.41) is 9.65. The van der Waals surface area contributed by atoms with Gasteiger partial charge < -0.3 is 14.7 Å². The molecule has 0 unspecified atom stereocenters. The van der Waals surface area contributed by atoms with Crippen LogP contribution in [0, 0.1) is 11.7 Å². The maximum atomic E-state index is 13.3. The van der Waals surface area contributed by atoms with E-state index in [0.717, 1.165) is 12.1 Å². The number of nitrogens with zero attached hydrogens (tertiary/aromatic N) is 4. The largest absolute Gasteiger partial charge is 0.395 e. The molecule has 2 aromatic rings. The standard InChI is InChI=1S/C21H29FN4O5S/c1-15(20(31-4)13-25(3)21(28)19-11-23-9-10-24-19)12-26(16(2)14-27)32(29,30)18-7-5-17(22)6-8-18/h5-11,15-16,20,27H,12-14H2,1-4H3/t15-,16-,20-/m1/s1. The average molecular weight is 469 g/mol. The number of benzene rings is 1. The van der Waals surface area contributed by atoms with Crippen LogP contribution in [0.15, 0.2) is 47.8 Å². The van der Waals surface area contributed by atoms with Crippen LogP contribution < -0.4 is 0 Å². The molecular weight excluding hydrogens is 439 g/mol. The van der Waals surface area contributed by atoms with E-state index in [2.05, 4.69) is 9.97 Å². The quantitative estimate of drug-likeness (QED) is 0.531. The smallest absolute Gasteiger partial charge is 0.273 e. The highest BCUT2D eigenvalue weighted by molar-refractivity contribution is 7.89. The lowest BCUT2D eigenvalue weighted by molar-refractivity contribution is 0.0219. The number of carbonyl (C=O) groups excluding carboxylic acids is 1. The Morgan fingerprint density at radius 1 is 1.19 bits per heavy atom. The van der Waals surface area contributed by atoms with E-state index in [1.165, 1.54) is 47.0 Å². The predicted molar refractivity (Wildman–Crippen MR) is 116 cm³/mol. The number of hydrogen-bond donors (Lipinski definition) is 1. The van der Waals surface area contributed by atoms with Gasteiger partial charge in [0.05, 0.1) is 23.8 Å². The van der Waals surface area contributed by atoms with Gasteiger partial charge in [-0.15, -0.1) is 0 Å². The van der Waals surface area contributed by atoms with Crippen molar-refractivity contribution >= 4 is 15.9 Å². The highest BCUT2D eigenvalue weighted by Gasteiger charge is 2.33. The minimum absolute atomic E-state index is 0.0209. The summed E-state index contributed by atoms with van der Waals surface area (Å²) < 4.78 is 46.3. The van der Waals surface area contributed by atoms with Gasteiger partial charge in [-0.25, -0.2) is 17.8 Å². The average Bonchev–Trinajstić information content (AvgIpc) is 2.80. The van der Waals surface area contributed by atoms with E-state index in [9.17, 15) is 22.7 Å². The molecule has 176 valence electrons. The summed E-state index contributed by atoms with van der Waals surface area (Å²) in [6.07, 6.45) is 3.75. The summed E-state index contributed by atoms with van der Waals surface area (Å²) in [4.78, 5) is 21.8. The maximum Gasteiger partial charge on any atom is 0.273 e. The molecule has 0 aliphatic rings. The lowest BCUT2D eigenvalue weighted by Crippen LogP contribution is -2.47. The van der Waals surface area contributed by atoms with E-state index in [0.29, 0.717) is 0 Å². The number of amides is 1. The molecule has 0 saturated heterocycles. The number of halogens is 1. The third-order valence-electron chi connectivity index (χ3n) is 5.16. The van der Waals surface area contributed by atoms with Crippen LogP contribution in [0.3, 0.4) is 0 Å². The lowest BCUT2D eigenvalue weighted by atomic mass is 10.0. The van der Waals surface area contributed by atoms with Gasteiger partial charge in [-0.05, 0) is 37.1 Å². The van der Waals surface area contributed by atoms with Crippen LogP contribution in [0.2, 0.25) is 0 Å². The second-order valence-electron chi connectivity index (χ2n) is 7.59. The van der Waals surface area contributed by atoms with Gasteiger partial charge in [0.15, 0.2) is 0 Å². The summed E-state index contributed by atoms with van der Waals surface area (Å²) >= 11 is 0. The first-order valence-corrected chi connectivity index (χ1v) is 11.5. The topological polar surface area (TPSA) is 113 Å². The van der Waals surface area contributed by atoms with E-state index in [1.807, 2.05) is 0 Å². The van der Waals surface area contributed by atoms with Crippen LogP contribution in [0.4, 0.5) is 4.39 Å². The number of aliphatic hydroxyl groups excluding tert-OH is 1. The SMILES string of the molecule is CO[C@H](CN(C)C(=O)c1cnccn1)[C@H](C)CN([C@H](C)CO)S(=O)(=O)c1ccc(F)cc1. The maximum absolute atomic E-state index is 13.3. The number of aromatic nitrogens is 2. The second-order valence-corrected chi connectivity index (χ2v) is 9.48. The molecule has 2 rings (SSSR count). The normalized spacial score (nSPS) is 14.7. The van der Waals surface area contributed by atoms with Crippen molar-refractivity contribution in [3.8, 4) is 0 Å². The highest BCUT2D eigenvalue weighted by atomic mass is 32.2. The van der Waals surface area contributed by atoms with Crippen molar-refractivity contribution in [1.29, 1.82) is 0 Å². The van der Waals surface area contributed by atoms with Gasteiger partial charge in [0.1, 0.15) is 11.5 Å². The molecule has 32 heavy (non-hydrogen) atoms. The number of ether oxygens (including phenoxy) is 1. The molecule has 0 radical (unpaired) electrons. The van der Waals surface area contributed by atoms with Gasteiger partial charge in [0.25, 0.3) is 5.91 Å². The Bertz CT molecular complexity index is 975. The molecule has 0 spiro atoms. The van der Waals surface area contributed by atoms with Crippen molar-refractivity contribution in [2.45, 2.75) is 30.9 Å². The van der Waals surface area contributed by atoms with Crippen LogP contribution in [-0.4, -0.2) is 84.6 Å². The first-order valence-electron chi connectivity index (χ1n) is 10.0. The molecule has 1 amide bonds. The van der Waals surface area contributed by atoms with E-state index in [1.54, 1.807) is 20.9 Å². The molecular formula is C21H29FN4O5S. The summed E-state index contributed by atoms with van der Waals surface area (Å²) in [6.45, 7) is 3.19. The molecule has 9 nitrogen and oxygen atoms in total. The van der Waals surface area contributed by atoms with Gasteiger partial charge in [-0.3, -0.25) is 9.78 Å². The van der Waals surface area contributed by atoms with Gasteiger partial charge in [0.2, 0.25) is 10.0 Å². The fourth-order valence-electron chi connectivity index (χ4n) is 3.19. The Kier molecular flexibility index (Phi) is 9.20. The second kappa shape index (κ2) is 11.4.